The fourth-order valence-corrected chi connectivity index (χ4v) is 2.89. The van der Waals surface area contributed by atoms with Crippen LogP contribution < -0.4 is 5.32 Å². The van der Waals surface area contributed by atoms with Gasteiger partial charge in [-0.1, -0.05) is 26.7 Å². The number of nitrogens with one attached hydrogen (secondary N) is 1. The molecule has 0 aliphatic heterocycles. The van der Waals surface area contributed by atoms with Gasteiger partial charge in [-0.15, -0.1) is 0 Å². The summed E-state index contributed by atoms with van der Waals surface area (Å²) in [6.45, 7) is 6.42. The number of hydrogen-bond donors (Lipinski definition) is 1. The maximum Gasteiger partial charge on any atom is 0.0621 e. The van der Waals surface area contributed by atoms with Gasteiger partial charge in [0.15, 0.2) is 0 Å². The van der Waals surface area contributed by atoms with Crippen LogP contribution in [0.5, 0.6) is 0 Å². The molecule has 0 amide bonds. The van der Waals surface area contributed by atoms with Crippen molar-refractivity contribution in [1.29, 1.82) is 0 Å². The van der Waals surface area contributed by atoms with Gasteiger partial charge in [-0.25, -0.2) is 0 Å². The van der Waals surface area contributed by atoms with Crippen LogP contribution in [-0.4, -0.2) is 26.3 Å². The van der Waals surface area contributed by atoms with E-state index in [0.717, 1.165) is 13.2 Å². The first-order valence-corrected chi connectivity index (χ1v) is 6.01. The summed E-state index contributed by atoms with van der Waals surface area (Å²) in [5.74, 6) is 0. The molecule has 0 radical (unpaired) electrons. The zero-order valence-corrected chi connectivity index (χ0v) is 9.94. The molecule has 1 atom stereocenters. The minimum atomic E-state index is 0.520. The van der Waals surface area contributed by atoms with E-state index in [1.54, 1.807) is 0 Å². The van der Waals surface area contributed by atoms with Crippen molar-refractivity contribution >= 4 is 0 Å². The summed E-state index contributed by atoms with van der Waals surface area (Å²) in [5.41, 5.74) is 0.520. The van der Waals surface area contributed by atoms with Gasteiger partial charge in [0.25, 0.3) is 0 Å². The van der Waals surface area contributed by atoms with Gasteiger partial charge in [0.05, 0.1) is 6.61 Å². The van der Waals surface area contributed by atoms with E-state index in [0.29, 0.717) is 11.5 Å². The largest absolute Gasteiger partial charge is 0.383 e. The summed E-state index contributed by atoms with van der Waals surface area (Å²) in [7, 11) is 1.81. The van der Waals surface area contributed by atoms with Crippen molar-refractivity contribution in [1.82, 2.24) is 5.32 Å². The molecule has 0 heterocycles. The van der Waals surface area contributed by atoms with Crippen LogP contribution in [0.15, 0.2) is 0 Å². The Morgan fingerprint density at radius 2 is 1.93 bits per heavy atom. The Bertz CT molecular complexity index is 146. The molecule has 0 bridgehead atoms. The number of rotatable bonds is 6. The number of ether oxygens (including phenoxy) is 1. The molecule has 1 unspecified atom stereocenters. The highest BCUT2D eigenvalue weighted by molar-refractivity contribution is 4.93. The first-order valence-electron chi connectivity index (χ1n) is 6.01. The molecule has 1 saturated carbocycles. The third kappa shape index (κ3) is 2.48. The minimum Gasteiger partial charge on any atom is -0.383 e. The molecular formula is C12H25NO. The highest BCUT2D eigenvalue weighted by atomic mass is 16.5. The quantitative estimate of drug-likeness (QED) is 0.710. The van der Waals surface area contributed by atoms with E-state index in [2.05, 4.69) is 19.2 Å². The summed E-state index contributed by atoms with van der Waals surface area (Å²) < 4.78 is 5.33. The average Bonchev–Trinajstić information content (AvgIpc) is 2.67. The van der Waals surface area contributed by atoms with Crippen molar-refractivity contribution in [2.24, 2.45) is 5.41 Å². The molecule has 2 nitrogen and oxygen atoms in total. The molecule has 2 heteroatoms. The van der Waals surface area contributed by atoms with Gasteiger partial charge in [-0.2, -0.15) is 0 Å². The van der Waals surface area contributed by atoms with E-state index in [9.17, 15) is 0 Å². The molecule has 1 rings (SSSR count). The lowest BCUT2D eigenvalue weighted by molar-refractivity contribution is 0.0862. The number of methoxy groups -OCH3 is 1. The first-order chi connectivity index (χ1) is 6.79. The van der Waals surface area contributed by atoms with E-state index in [-0.39, 0.29) is 0 Å². The van der Waals surface area contributed by atoms with Crippen molar-refractivity contribution in [2.75, 3.05) is 20.3 Å². The monoisotopic (exact) mass is 199 g/mol. The third-order valence-corrected chi connectivity index (χ3v) is 3.83. The fraction of sp³-hybridized carbons (Fsp3) is 1.00. The predicted octanol–water partition coefficient (Wildman–Crippen LogP) is 2.58. The molecule has 1 N–H and O–H groups in total. The summed E-state index contributed by atoms with van der Waals surface area (Å²) >= 11 is 0. The summed E-state index contributed by atoms with van der Waals surface area (Å²) in [6.07, 6.45) is 6.85. The lowest BCUT2D eigenvalue weighted by Gasteiger charge is -2.37. The van der Waals surface area contributed by atoms with E-state index in [1.807, 2.05) is 7.11 Å². The Labute approximate surface area is 88.4 Å². The number of hydrogen-bond acceptors (Lipinski definition) is 2. The lowest BCUT2D eigenvalue weighted by atomic mass is 9.76. The molecule has 0 spiro atoms. The van der Waals surface area contributed by atoms with Crippen LogP contribution in [0, 0.1) is 5.41 Å². The number of likely N-dealkylation sites (N-methyl/N-ethyl adjacent to an activating group) is 1. The highest BCUT2D eigenvalue weighted by Gasteiger charge is 2.39. The van der Waals surface area contributed by atoms with Gasteiger partial charge in [-0.05, 0) is 31.2 Å². The Morgan fingerprint density at radius 1 is 1.29 bits per heavy atom. The normalized spacial score (nSPS) is 22.5. The topological polar surface area (TPSA) is 21.3 Å². The second-order valence-corrected chi connectivity index (χ2v) is 4.49. The van der Waals surface area contributed by atoms with Crippen LogP contribution in [0.1, 0.15) is 46.0 Å². The second kappa shape index (κ2) is 5.72. The molecule has 14 heavy (non-hydrogen) atoms. The molecule has 0 saturated heterocycles. The van der Waals surface area contributed by atoms with E-state index < -0.39 is 0 Å². The fourth-order valence-electron chi connectivity index (χ4n) is 2.89. The van der Waals surface area contributed by atoms with Gasteiger partial charge >= 0.3 is 0 Å². The third-order valence-electron chi connectivity index (χ3n) is 3.83. The maximum atomic E-state index is 5.33. The first kappa shape index (κ1) is 12.0. The SMILES string of the molecule is CCNC(COC)C1(CC)CCCC1. The molecular weight excluding hydrogens is 174 g/mol. The Hall–Kier alpha value is -0.0800. The summed E-state index contributed by atoms with van der Waals surface area (Å²) in [4.78, 5) is 0. The Kier molecular flexibility index (Phi) is 4.90. The lowest BCUT2D eigenvalue weighted by Crippen LogP contribution is -2.46. The van der Waals surface area contributed by atoms with E-state index in [4.69, 9.17) is 4.74 Å². The molecule has 0 aromatic carbocycles. The minimum absolute atomic E-state index is 0.520. The van der Waals surface area contributed by atoms with Crippen LogP contribution in [0.25, 0.3) is 0 Å². The van der Waals surface area contributed by atoms with Crippen LogP contribution in [-0.2, 0) is 4.74 Å². The highest BCUT2D eigenvalue weighted by Crippen LogP contribution is 2.43. The molecule has 1 aliphatic carbocycles. The van der Waals surface area contributed by atoms with Crippen LogP contribution in [0.2, 0.25) is 0 Å². The zero-order chi connectivity index (χ0) is 10.4. The van der Waals surface area contributed by atoms with Crippen LogP contribution >= 0.6 is 0 Å². The van der Waals surface area contributed by atoms with Crippen molar-refractivity contribution in [3.05, 3.63) is 0 Å². The average molecular weight is 199 g/mol. The standard InChI is InChI=1S/C12H25NO/c1-4-12(8-6-7-9-12)11(10-14-3)13-5-2/h11,13H,4-10H2,1-3H3. The van der Waals surface area contributed by atoms with Crippen molar-refractivity contribution < 1.29 is 4.74 Å². The zero-order valence-electron chi connectivity index (χ0n) is 9.94. The molecule has 0 aromatic rings. The van der Waals surface area contributed by atoms with Crippen molar-refractivity contribution in [2.45, 2.75) is 52.0 Å². The molecule has 1 aliphatic rings. The van der Waals surface area contributed by atoms with Gasteiger partial charge in [0.1, 0.15) is 0 Å². The Morgan fingerprint density at radius 3 is 2.36 bits per heavy atom. The Balaban J connectivity index is 2.61. The van der Waals surface area contributed by atoms with Gasteiger partial charge in [-0.3, -0.25) is 0 Å². The van der Waals surface area contributed by atoms with Crippen LogP contribution in [0.4, 0.5) is 0 Å². The summed E-state index contributed by atoms with van der Waals surface area (Å²) in [5, 5.41) is 3.59. The van der Waals surface area contributed by atoms with Crippen molar-refractivity contribution in [3.63, 3.8) is 0 Å². The van der Waals surface area contributed by atoms with Gasteiger partial charge in [0.2, 0.25) is 0 Å². The maximum absolute atomic E-state index is 5.33. The smallest absolute Gasteiger partial charge is 0.0621 e. The van der Waals surface area contributed by atoms with E-state index in [1.165, 1.54) is 32.1 Å². The van der Waals surface area contributed by atoms with Crippen molar-refractivity contribution in [3.8, 4) is 0 Å². The molecule has 84 valence electrons. The summed E-state index contributed by atoms with van der Waals surface area (Å²) in [6, 6.07) is 0.560. The van der Waals surface area contributed by atoms with Gasteiger partial charge in [0, 0.05) is 13.2 Å². The molecule has 1 fully saturated rings. The predicted molar refractivity (Wildman–Crippen MR) is 60.5 cm³/mol. The van der Waals surface area contributed by atoms with Crippen LogP contribution in [0.3, 0.4) is 0 Å². The second-order valence-electron chi connectivity index (χ2n) is 4.49. The molecule has 0 aromatic heterocycles. The van der Waals surface area contributed by atoms with Gasteiger partial charge < -0.3 is 10.1 Å². The van der Waals surface area contributed by atoms with E-state index >= 15 is 0 Å².